The van der Waals surface area contributed by atoms with Gasteiger partial charge >= 0.3 is 5.97 Å². The number of Topliss-reactive ketones (excluding diaryl/α,β-unsaturated/α-hetero) is 1. The van der Waals surface area contributed by atoms with Gasteiger partial charge in [0.05, 0.1) is 13.2 Å². The lowest BCUT2D eigenvalue weighted by molar-refractivity contribution is -0.156. The molecule has 0 unspecified atom stereocenters. The lowest BCUT2D eigenvalue weighted by atomic mass is 10.1. The summed E-state index contributed by atoms with van der Waals surface area (Å²) in [6.07, 6.45) is 1.31. The van der Waals surface area contributed by atoms with E-state index in [9.17, 15) is 9.59 Å². The summed E-state index contributed by atoms with van der Waals surface area (Å²) in [5, 5.41) is 0. The van der Waals surface area contributed by atoms with Gasteiger partial charge in [-0.25, -0.2) is 4.79 Å². The Hall–Kier alpha value is -1.84. The average Bonchev–Trinajstić information content (AvgIpc) is 2.38. The SMILES string of the molecule is COc1cccc(CCCC(=O)C(=O)OC(C)C)c1. The fraction of sp³-hybridized carbons (Fsp3) is 0.467. The summed E-state index contributed by atoms with van der Waals surface area (Å²) in [5.74, 6) is -0.403. The van der Waals surface area contributed by atoms with Crippen LogP contribution >= 0.6 is 0 Å². The standard InChI is InChI=1S/C15H20O4/c1-11(2)19-15(17)14(16)9-5-7-12-6-4-8-13(10-12)18-3/h4,6,8,10-11H,5,7,9H2,1-3H3. The number of methoxy groups -OCH3 is 1. The lowest BCUT2D eigenvalue weighted by Crippen LogP contribution is -2.20. The van der Waals surface area contributed by atoms with Crippen LogP contribution in [0.3, 0.4) is 0 Å². The number of ether oxygens (including phenoxy) is 2. The summed E-state index contributed by atoms with van der Waals surface area (Å²) in [4.78, 5) is 22.8. The van der Waals surface area contributed by atoms with Gasteiger partial charge in [0.25, 0.3) is 0 Å². The quantitative estimate of drug-likeness (QED) is 0.561. The fourth-order valence-corrected chi connectivity index (χ4v) is 1.66. The Kier molecular flexibility index (Phi) is 6.06. The summed E-state index contributed by atoms with van der Waals surface area (Å²) in [5.41, 5.74) is 1.09. The lowest BCUT2D eigenvalue weighted by Gasteiger charge is -2.07. The maximum Gasteiger partial charge on any atom is 0.374 e. The molecule has 0 aliphatic rings. The van der Waals surface area contributed by atoms with Crippen LogP contribution in [0, 0.1) is 0 Å². The number of rotatable bonds is 7. The van der Waals surface area contributed by atoms with E-state index in [4.69, 9.17) is 9.47 Å². The molecule has 0 spiro atoms. The number of aryl methyl sites for hydroxylation is 1. The van der Waals surface area contributed by atoms with Gasteiger partial charge in [-0.2, -0.15) is 0 Å². The van der Waals surface area contributed by atoms with Crippen LogP contribution in [-0.4, -0.2) is 25.0 Å². The highest BCUT2D eigenvalue weighted by atomic mass is 16.5. The van der Waals surface area contributed by atoms with E-state index < -0.39 is 11.8 Å². The van der Waals surface area contributed by atoms with Gasteiger partial charge in [-0.05, 0) is 44.4 Å². The zero-order chi connectivity index (χ0) is 14.3. The second-order valence-corrected chi connectivity index (χ2v) is 4.58. The highest BCUT2D eigenvalue weighted by molar-refractivity contribution is 6.33. The molecule has 1 rings (SSSR count). The molecule has 0 aliphatic carbocycles. The van der Waals surface area contributed by atoms with Crippen molar-refractivity contribution in [2.45, 2.75) is 39.2 Å². The fourth-order valence-electron chi connectivity index (χ4n) is 1.66. The summed E-state index contributed by atoms with van der Waals surface area (Å²) < 4.78 is 9.97. The molecule has 0 saturated carbocycles. The second kappa shape index (κ2) is 7.56. The van der Waals surface area contributed by atoms with Crippen molar-refractivity contribution in [1.82, 2.24) is 0 Å². The third kappa shape index (κ3) is 5.55. The first-order valence-corrected chi connectivity index (χ1v) is 6.39. The van der Waals surface area contributed by atoms with Crippen molar-refractivity contribution in [2.75, 3.05) is 7.11 Å². The third-order valence-electron chi connectivity index (χ3n) is 2.57. The Labute approximate surface area is 113 Å². The van der Waals surface area contributed by atoms with Crippen molar-refractivity contribution < 1.29 is 19.1 Å². The number of carbonyl (C=O) groups is 2. The van der Waals surface area contributed by atoms with Crippen LogP contribution < -0.4 is 4.74 Å². The van der Waals surface area contributed by atoms with Gasteiger partial charge < -0.3 is 9.47 Å². The van der Waals surface area contributed by atoms with Crippen LogP contribution in [0.25, 0.3) is 0 Å². The zero-order valence-corrected chi connectivity index (χ0v) is 11.6. The Balaban J connectivity index is 2.37. The largest absolute Gasteiger partial charge is 0.497 e. The minimum atomic E-state index is -0.736. The van der Waals surface area contributed by atoms with Crippen molar-refractivity contribution in [1.29, 1.82) is 0 Å². The van der Waals surface area contributed by atoms with E-state index >= 15 is 0 Å². The number of hydrogen-bond acceptors (Lipinski definition) is 4. The van der Waals surface area contributed by atoms with Gasteiger partial charge in [0.15, 0.2) is 0 Å². The Morgan fingerprint density at radius 3 is 2.63 bits per heavy atom. The summed E-state index contributed by atoms with van der Waals surface area (Å²) in [7, 11) is 1.62. The first kappa shape index (κ1) is 15.2. The number of ketones is 1. The summed E-state index contributed by atoms with van der Waals surface area (Å²) in [6.45, 7) is 3.45. The molecular weight excluding hydrogens is 244 g/mol. The number of benzene rings is 1. The van der Waals surface area contributed by atoms with E-state index in [2.05, 4.69) is 0 Å². The molecule has 0 amide bonds. The van der Waals surface area contributed by atoms with Crippen molar-refractivity contribution in [3.63, 3.8) is 0 Å². The summed E-state index contributed by atoms with van der Waals surface area (Å²) in [6, 6.07) is 7.67. The van der Waals surface area contributed by atoms with Gasteiger partial charge in [-0.3, -0.25) is 4.79 Å². The molecule has 0 aliphatic heterocycles. The van der Waals surface area contributed by atoms with Gasteiger partial charge in [0.1, 0.15) is 5.75 Å². The van der Waals surface area contributed by atoms with Crippen molar-refractivity contribution in [3.05, 3.63) is 29.8 Å². The molecule has 0 aromatic heterocycles. The molecule has 1 aromatic rings. The predicted molar refractivity (Wildman–Crippen MR) is 72.2 cm³/mol. The first-order chi connectivity index (χ1) is 9.02. The van der Waals surface area contributed by atoms with E-state index in [0.717, 1.165) is 17.7 Å². The average molecular weight is 264 g/mol. The molecule has 4 heteroatoms. The normalized spacial score (nSPS) is 10.3. The topological polar surface area (TPSA) is 52.6 Å². The van der Waals surface area contributed by atoms with E-state index in [1.165, 1.54) is 0 Å². The Bertz CT molecular complexity index is 438. The van der Waals surface area contributed by atoms with E-state index in [0.29, 0.717) is 6.42 Å². The van der Waals surface area contributed by atoms with Crippen LogP contribution in [0.2, 0.25) is 0 Å². The molecule has 0 radical (unpaired) electrons. The molecular formula is C15H20O4. The van der Waals surface area contributed by atoms with Gasteiger partial charge in [0.2, 0.25) is 5.78 Å². The van der Waals surface area contributed by atoms with Crippen molar-refractivity contribution >= 4 is 11.8 Å². The molecule has 19 heavy (non-hydrogen) atoms. The zero-order valence-electron chi connectivity index (χ0n) is 11.6. The minimum Gasteiger partial charge on any atom is -0.497 e. The first-order valence-electron chi connectivity index (χ1n) is 6.39. The molecule has 0 atom stereocenters. The molecule has 0 fully saturated rings. The van der Waals surface area contributed by atoms with Crippen LogP contribution in [0.5, 0.6) is 5.75 Å². The Morgan fingerprint density at radius 1 is 1.26 bits per heavy atom. The van der Waals surface area contributed by atoms with Crippen molar-refractivity contribution in [3.8, 4) is 5.75 Å². The molecule has 0 saturated heterocycles. The van der Waals surface area contributed by atoms with Gasteiger partial charge in [-0.15, -0.1) is 0 Å². The molecule has 0 bridgehead atoms. The number of esters is 1. The van der Waals surface area contributed by atoms with E-state index in [1.807, 2.05) is 24.3 Å². The van der Waals surface area contributed by atoms with E-state index in [-0.39, 0.29) is 12.5 Å². The van der Waals surface area contributed by atoms with E-state index in [1.54, 1.807) is 21.0 Å². The predicted octanol–water partition coefficient (Wildman–Crippen LogP) is 2.54. The molecule has 0 N–H and O–H groups in total. The maximum absolute atomic E-state index is 11.5. The maximum atomic E-state index is 11.5. The third-order valence-corrected chi connectivity index (χ3v) is 2.57. The minimum absolute atomic E-state index is 0.211. The van der Waals surface area contributed by atoms with Crippen LogP contribution in [0.15, 0.2) is 24.3 Å². The Morgan fingerprint density at radius 2 is 2.00 bits per heavy atom. The molecule has 0 heterocycles. The van der Waals surface area contributed by atoms with Gasteiger partial charge in [0, 0.05) is 6.42 Å². The smallest absolute Gasteiger partial charge is 0.374 e. The van der Waals surface area contributed by atoms with Gasteiger partial charge in [-0.1, -0.05) is 12.1 Å². The highest BCUT2D eigenvalue weighted by Gasteiger charge is 2.16. The van der Waals surface area contributed by atoms with Crippen LogP contribution in [-0.2, 0) is 20.7 Å². The second-order valence-electron chi connectivity index (χ2n) is 4.58. The van der Waals surface area contributed by atoms with Crippen LogP contribution in [0.4, 0.5) is 0 Å². The molecule has 104 valence electrons. The summed E-state index contributed by atoms with van der Waals surface area (Å²) >= 11 is 0. The monoisotopic (exact) mass is 264 g/mol. The molecule has 1 aromatic carbocycles. The highest BCUT2D eigenvalue weighted by Crippen LogP contribution is 2.14. The number of hydrogen-bond donors (Lipinski definition) is 0. The molecule has 4 nitrogen and oxygen atoms in total. The van der Waals surface area contributed by atoms with Crippen molar-refractivity contribution in [2.24, 2.45) is 0 Å². The number of carbonyl (C=O) groups excluding carboxylic acids is 2. The van der Waals surface area contributed by atoms with Crippen LogP contribution in [0.1, 0.15) is 32.3 Å².